The molecule has 0 aliphatic carbocycles. The van der Waals surface area contributed by atoms with E-state index in [1.807, 2.05) is 0 Å². The van der Waals surface area contributed by atoms with Crippen molar-refractivity contribution in [2.45, 2.75) is 122 Å². The number of imide groups is 1. The second kappa shape index (κ2) is 18.9. The lowest BCUT2D eigenvalue weighted by Crippen LogP contribution is -2.30. The van der Waals surface area contributed by atoms with Crippen molar-refractivity contribution >= 4 is 11.8 Å². The van der Waals surface area contributed by atoms with Gasteiger partial charge in [-0.25, -0.2) is 0 Å². The molecule has 0 bridgehead atoms. The van der Waals surface area contributed by atoms with Gasteiger partial charge in [-0.2, -0.15) is 0 Å². The summed E-state index contributed by atoms with van der Waals surface area (Å²) in [5.41, 5.74) is 0.383. The Morgan fingerprint density at radius 2 is 1.03 bits per heavy atom. The minimum atomic E-state index is -0.406. The van der Waals surface area contributed by atoms with Crippen molar-refractivity contribution in [3.05, 3.63) is 29.8 Å². The van der Waals surface area contributed by atoms with Crippen molar-refractivity contribution in [3.8, 4) is 5.75 Å². The quantitative estimate of drug-likeness (QED) is 0.221. The molecule has 1 aromatic carbocycles. The molecule has 176 valence electrons. The number of nitrogens with one attached hydrogen (secondary N) is 1. The minimum Gasteiger partial charge on any atom is -0.508 e. The second-order valence-corrected chi connectivity index (χ2v) is 8.83. The first kappa shape index (κ1) is 27.2. The van der Waals surface area contributed by atoms with E-state index in [4.69, 9.17) is 0 Å². The molecule has 0 fully saturated rings. The Bertz CT molecular complexity index is 583. The molecule has 0 unspecified atom stereocenters. The highest BCUT2D eigenvalue weighted by molar-refractivity contribution is 6.04. The summed E-state index contributed by atoms with van der Waals surface area (Å²) >= 11 is 0. The summed E-state index contributed by atoms with van der Waals surface area (Å²) in [6.07, 6.45) is 22.7. The lowest BCUT2D eigenvalue weighted by Gasteiger charge is -2.05. The van der Waals surface area contributed by atoms with Crippen LogP contribution in [0.15, 0.2) is 24.3 Å². The van der Waals surface area contributed by atoms with Gasteiger partial charge in [-0.1, -0.05) is 110 Å². The van der Waals surface area contributed by atoms with E-state index in [0.717, 1.165) is 19.3 Å². The van der Waals surface area contributed by atoms with Crippen LogP contribution in [0.1, 0.15) is 133 Å². The fourth-order valence-corrected chi connectivity index (χ4v) is 3.88. The molecule has 2 amide bonds. The van der Waals surface area contributed by atoms with Gasteiger partial charge in [-0.05, 0) is 30.7 Å². The van der Waals surface area contributed by atoms with E-state index in [9.17, 15) is 14.7 Å². The summed E-state index contributed by atoms with van der Waals surface area (Å²) in [6.45, 7) is 2.27. The fraction of sp³-hybridized carbons (Fsp3) is 0.704. The maximum Gasteiger partial charge on any atom is 0.257 e. The Balaban J connectivity index is 1.83. The average Bonchev–Trinajstić information content (AvgIpc) is 2.76. The SMILES string of the molecule is CCCCCCCCCCCCCCCCCCCC(=O)NC(=O)c1ccc(O)cc1. The van der Waals surface area contributed by atoms with Crippen LogP contribution < -0.4 is 5.32 Å². The van der Waals surface area contributed by atoms with Gasteiger partial charge in [0, 0.05) is 12.0 Å². The highest BCUT2D eigenvalue weighted by Gasteiger charge is 2.09. The standard InChI is InChI=1S/C27H45NO3/c1-2-3-4-5-6-7-8-9-10-11-12-13-14-15-16-17-18-19-26(30)28-27(31)24-20-22-25(29)23-21-24/h20-23,29H,2-19H2,1H3,(H,28,30,31). The molecule has 0 saturated heterocycles. The molecular formula is C27H45NO3. The lowest BCUT2D eigenvalue weighted by molar-refractivity contribution is -0.120. The highest BCUT2D eigenvalue weighted by atomic mass is 16.3. The Hall–Kier alpha value is -1.84. The molecule has 0 aliphatic rings. The zero-order chi connectivity index (χ0) is 22.6. The smallest absolute Gasteiger partial charge is 0.257 e. The Morgan fingerprint density at radius 1 is 0.645 bits per heavy atom. The number of carbonyl (C=O) groups excluding carboxylic acids is 2. The molecule has 0 aromatic heterocycles. The van der Waals surface area contributed by atoms with Crippen LogP contribution in [0.5, 0.6) is 5.75 Å². The number of rotatable bonds is 19. The topological polar surface area (TPSA) is 66.4 Å². The Kier molecular flexibility index (Phi) is 16.6. The number of unbranched alkanes of at least 4 members (excludes halogenated alkanes) is 16. The first-order chi connectivity index (χ1) is 15.1. The molecule has 0 spiro atoms. The molecule has 0 radical (unpaired) electrons. The van der Waals surface area contributed by atoms with Crippen LogP contribution in [0.25, 0.3) is 0 Å². The first-order valence-electron chi connectivity index (χ1n) is 12.8. The Labute approximate surface area is 190 Å². The molecule has 0 atom stereocenters. The van der Waals surface area contributed by atoms with Crippen LogP contribution in [0.4, 0.5) is 0 Å². The van der Waals surface area contributed by atoms with Gasteiger partial charge in [0.25, 0.3) is 5.91 Å². The predicted molar refractivity (Wildman–Crippen MR) is 129 cm³/mol. The van der Waals surface area contributed by atoms with Crippen LogP contribution in [-0.4, -0.2) is 16.9 Å². The molecule has 31 heavy (non-hydrogen) atoms. The van der Waals surface area contributed by atoms with E-state index in [-0.39, 0.29) is 11.7 Å². The Morgan fingerprint density at radius 3 is 1.45 bits per heavy atom. The number of carbonyl (C=O) groups is 2. The minimum absolute atomic E-state index is 0.103. The van der Waals surface area contributed by atoms with Gasteiger partial charge >= 0.3 is 0 Å². The number of amides is 2. The third kappa shape index (κ3) is 15.6. The van der Waals surface area contributed by atoms with Gasteiger partial charge < -0.3 is 5.11 Å². The predicted octanol–water partition coefficient (Wildman–Crippen LogP) is 7.69. The molecule has 0 saturated carbocycles. The highest BCUT2D eigenvalue weighted by Crippen LogP contribution is 2.14. The summed E-state index contributed by atoms with van der Waals surface area (Å²) < 4.78 is 0. The van der Waals surface area contributed by atoms with Gasteiger partial charge in [0.05, 0.1) is 0 Å². The average molecular weight is 432 g/mol. The fourth-order valence-electron chi connectivity index (χ4n) is 3.88. The van der Waals surface area contributed by atoms with Crippen LogP contribution in [0, 0.1) is 0 Å². The number of aromatic hydroxyl groups is 1. The second-order valence-electron chi connectivity index (χ2n) is 8.83. The zero-order valence-electron chi connectivity index (χ0n) is 19.8. The van der Waals surface area contributed by atoms with E-state index in [1.165, 1.54) is 114 Å². The van der Waals surface area contributed by atoms with E-state index >= 15 is 0 Å². The maximum atomic E-state index is 11.9. The van der Waals surface area contributed by atoms with Gasteiger partial charge in [0.1, 0.15) is 5.75 Å². The lowest BCUT2D eigenvalue weighted by atomic mass is 10.0. The largest absolute Gasteiger partial charge is 0.508 e. The first-order valence-corrected chi connectivity index (χ1v) is 12.8. The van der Waals surface area contributed by atoms with Crippen molar-refractivity contribution in [1.29, 1.82) is 0 Å². The van der Waals surface area contributed by atoms with Crippen molar-refractivity contribution in [2.24, 2.45) is 0 Å². The third-order valence-electron chi connectivity index (χ3n) is 5.89. The van der Waals surface area contributed by atoms with Crippen molar-refractivity contribution in [3.63, 3.8) is 0 Å². The molecule has 1 aromatic rings. The summed E-state index contributed by atoms with van der Waals surface area (Å²) in [7, 11) is 0. The van der Waals surface area contributed by atoms with Gasteiger partial charge in [0.2, 0.25) is 5.91 Å². The molecule has 1 rings (SSSR count). The number of phenols is 1. The molecule has 2 N–H and O–H groups in total. The summed E-state index contributed by atoms with van der Waals surface area (Å²) in [4.78, 5) is 23.8. The van der Waals surface area contributed by atoms with Crippen molar-refractivity contribution < 1.29 is 14.7 Å². The monoisotopic (exact) mass is 431 g/mol. The van der Waals surface area contributed by atoms with Crippen LogP contribution in [0.2, 0.25) is 0 Å². The molecule has 0 heterocycles. The number of hydrogen-bond donors (Lipinski definition) is 2. The molecule has 4 nitrogen and oxygen atoms in total. The number of hydrogen-bond acceptors (Lipinski definition) is 3. The number of phenolic OH excluding ortho intramolecular Hbond substituents is 1. The van der Waals surface area contributed by atoms with Gasteiger partial charge in [-0.15, -0.1) is 0 Å². The van der Waals surface area contributed by atoms with Crippen LogP contribution >= 0.6 is 0 Å². The third-order valence-corrected chi connectivity index (χ3v) is 5.89. The molecule has 4 heteroatoms. The van der Waals surface area contributed by atoms with E-state index in [2.05, 4.69) is 12.2 Å². The van der Waals surface area contributed by atoms with Gasteiger partial charge in [-0.3, -0.25) is 14.9 Å². The summed E-state index contributed by atoms with van der Waals surface area (Å²) in [5, 5.41) is 11.6. The van der Waals surface area contributed by atoms with E-state index < -0.39 is 5.91 Å². The van der Waals surface area contributed by atoms with Crippen LogP contribution in [-0.2, 0) is 4.79 Å². The van der Waals surface area contributed by atoms with E-state index in [1.54, 1.807) is 0 Å². The normalized spacial score (nSPS) is 10.9. The maximum absolute atomic E-state index is 11.9. The summed E-state index contributed by atoms with van der Waals surface area (Å²) in [5.74, 6) is -0.526. The van der Waals surface area contributed by atoms with Crippen LogP contribution in [0.3, 0.4) is 0 Å². The molecular weight excluding hydrogens is 386 g/mol. The van der Waals surface area contributed by atoms with Crippen molar-refractivity contribution in [1.82, 2.24) is 5.32 Å². The number of benzene rings is 1. The zero-order valence-corrected chi connectivity index (χ0v) is 19.8. The van der Waals surface area contributed by atoms with E-state index in [0.29, 0.717) is 12.0 Å². The summed E-state index contributed by atoms with van der Waals surface area (Å²) in [6, 6.07) is 5.90. The molecule has 0 aliphatic heterocycles. The van der Waals surface area contributed by atoms with Gasteiger partial charge in [0.15, 0.2) is 0 Å². The van der Waals surface area contributed by atoms with Crippen molar-refractivity contribution in [2.75, 3.05) is 0 Å².